The molecule has 1 aromatic rings. The Morgan fingerprint density at radius 3 is 2.50 bits per heavy atom. The molecule has 0 aromatic heterocycles. The number of hydrogen-bond donors (Lipinski definition) is 0. The van der Waals surface area contributed by atoms with Gasteiger partial charge in [0.25, 0.3) is 0 Å². The van der Waals surface area contributed by atoms with E-state index in [4.69, 9.17) is 4.74 Å². The summed E-state index contributed by atoms with van der Waals surface area (Å²) in [6, 6.07) is 7.28. The highest BCUT2D eigenvalue weighted by Gasteiger charge is 2.29. The van der Waals surface area contributed by atoms with Crippen LogP contribution in [0, 0.1) is 6.67 Å². The van der Waals surface area contributed by atoms with Crippen LogP contribution in [0.2, 0.25) is 0 Å². The van der Waals surface area contributed by atoms with Gasteiger partial charge in [0.2, 0.25) is 0 Å². The Balaban J connectivity index is 0.00000200. The molecule has 0 saturated heterocycles. The van der Waals surface area contributed by atoms with Gasteiger partial charge in [-0.2, -0.15) is 0 Å². The standard InChI is InChI=1S/C15H18N2O2.BrH/c1-3-10-19-14-6-4-13(5-7-14)15(18)11-17-9-8-16(2)12-17;/h4-9H,3,10-11H2,1-2H3;1H/q+1;/p-1. The minimum absolute atomic E-state index is 0. The zero-order valence-corrected chi connectivity index (χ0v) is 13.3. The lowest BCUT2D eigenvalue weighted by atomic mass is 10.1. The van der Waals surface area contributed by atoms with Gasteiger partial charge in [0, 0.05) is 5.56 Å². The van der Waals surface area contributed by atoms with Gasteiger partial charge in [0.1, 0.15) is 12.3 Å². The first kappa shape index (κ1) is 16.4. The van der Waals surface area contributed by atoms with Crippen molar-refractivity contribution in [1.29, 1.82) is 0 Å². The van der Waals surface area contributed by atoms with E-state index in [2.05, 4.69) is 13.6 Å². The summed E-state index contributed by atoms with van der Waals surface area (Å²) in [7, 11) is 1.88. The Hall–Kier alpha value is -1.62. The van der Waals surface area contributed by atoms with Gasteiger partial charge < -0.3 is 21.7 Å². The third-order valence-corrected chi connectivity index (χ3v) is 2.72. The molecule has 107 valence electrons. The van der Waals surface area contributed by atoms with Crippen molar-refractivity contribution in [3.05, 3.63) is 48.9 Å². The van der Waals surface area contributed by atoms with E-state index in [9.17, 15) is 4.79 Å². The highest BCUT2D eigenvalue weighted by Crippen LogP contribution is 2.15. The molecule has 2 rings (SSSR count). The van der Waals surface area contributed by atoms with E-state index in [0.29, 0.717) is 18.7 Å². The molecule has 0 spiro atoms. The molecule has 1 aliphatic rings. The van der Waals surface area contributed by atoms with Crippen molar-refractivity contribution < 1.29 is 26.5 Å². The zero-order chi connectivity index (χ0) is 13.7. The smallest absolute Gasteiger partial charge is 0.564 e. The summed E-state index contributed by atoms with van der Waals surface area (Å²) in [5, 5.41) is 0. The van der Waals surface area contributed by atoms with Crippen molar-refractivity contribution in [2.45, 2.75) is 13.3 Å². The highest BCUT2D eigenvalue weighted by molar-refractivity contribution is 5.97. The van der Waals surface area contributed by atoms with E-state index < -0.39 is 0 Å². The second-order valence-corrected chi connectivity index (χ2v) is 4.43. The van der Waals surface area contributed by atoms with Crippen LogP contribution in [0.3, 0.4) is 0 Å². The molecule has 1 aromatic carbocycles. The van der Waals surface area contributed by atoms with E-state index in [1.807, 2.05) is 31.6 Å². The molecular formula is C15H18BrN2O2. The average molecular weight is 338 g/mol. The Kier molecular flexibility index (Phi) is 6.45. The third kappa shape index (κ3) is 4.49. The number of carbonyl (C=O) groups excluding carboxylic acids is 1. The summed E-state index contributed by atoms with van der Waals surface area (Å²) in [5.41, 5.74) is 0.689. The number of Topliss-reactive ketones (excluding diaryl/α,β-unsaturated/α-hetero) is 1. The number of rotatable bonds is 6. The normalized spacial score (nSPS) is 12.9. The summed E-state index contributed by atoms with van der Waals surface area (Å²) in [5.74, 6) is 0.867. The lowest BCUT2D eigenvalue weighted by molar-refractivity contribution is -0.0000124. The van der Waals surface area contributed by atoms with Crippen LogP contribution in [0.5, 0.6) is 5.75 Å². The zero-order valence-electron chi connectivity index (χ0n) is 11.7. The maximum Gasteiger partial charge on any atom is 0.564 e. The minimum Gasteiger partial charge on any atom is -1.00 e. The Labute approximate surface area is 130 Å². The molecule has 0 aliphatic carbocycles. The molecule has 0 unspecified atom stereocenters. The van der Waals surface area contributed by atoms with Crippen LogP contribution in [-0.4, -0.2) is 35.8 Å². The number of ether oxygens (including phenoxy) is 1. The molecule has 0 fully saturated rings. The van der Waals surface area contributed by atoms with Crippen LogP contribution in [0.25, 0.3) is 0 Å². The first-order valence-corrected chi connectivity index (χ1v) is 6.39. The number of carbonyl (C=O) groups is 1. The predicted molar refractivity (Wildman–Crippen MR) is 73.4 cm³/mol. The van der Waals surface area contributed by atoms with Gasteiger partial charge in [0.05, 0.1) is 26.1 Å². The van der Waals surface area contributed by atoms with Crippen LogP contribution in [0.15, 0.2) is 36.7 Å². The number of nitrogens with zero attached hydrogens (tertiary/aromatic N) is 2. The third-order valence-electron chi connectivity index (χ3n) is 2.72. The largest absolute Gasteiger partial charge is 1.00 e. The molecule has 0 bridgehead atoms. The van der Waals surface area contributed by atoms with Gasteiger partial charge in [-0.05, 0) is 30.7 Å². The SMILES string of the molecule is CCCOc1ccc(C(=O)CN2[C+]N(C)C=C2)cc1.[Br-]. The fraction of sp³-hybridized carbons (Fsp3) is 0.333. The number of halogens is 1. The van der Waals surface area contributed by atoms with Crippen molar-refractivity contribution in [2.24, 2.45) is 0 Å². The second-order valence-electron chi connectivity index (χ2n) is 4.43. The molecule has 0 saturated carbocycles. The molecular weight excluding hydrogens is 320 g/mol. The molecule has 0 amide bonds. The Bertz CT molecular complexity index is 459. The summed E-state index contributed by atoms with van der Waals surface area (Å²) < 4.78 is 5.49. The average Bonchev–Trinajstić information content (AvgIpc) is 2.82. The summed E-state index contributed by atoms with van der Waals surface area (Å²) in [6.07, 6.45) is 4.66. The van der Waals surface area contributed by atoms with E-state index in [1.165, 1.54) is 0 Å². The van der Waals surface area contributed by atoms with Gasteiger partial charge in [0.15, 0.2) is 5.78 Å². The van der Waals surface area contributed by atoms with E-state index in [-0.39, 0.29) is 22.8 Å². The van der Waals surface area contributed by atoms with Crippen molar-refractivity contribution in [3.8, 4) is 5.75 Å². The number of hydrogen-bond acceptors (Lipinski definition) is 4. The summed E-state index contributed by atoms with van der Waals surface area (Å²) >= 11 is 0. The predicted octanol–water partition coefficient (Wildman–Crippen LogP) is -0.623. The van der Waals surface area contributed by atoms with Gasteiger partial charge in [-0.1, -0.05) is 6.92 Å². The first-order chi connectivity index (χ1) is 9.19. The van der Waals surface area contributed by atoms with Crippen molar-refractivity contribution in [1.82, 2.24) is 9.80 Å². The van der Waals surface area contributed by atoms with Crippen LogP contribution < -0.4 is 21.7 Å². The molecule has 1 heterocycles. The fourth-order valence-electron chi connectivity index (χ4n) is 1.74. The van der Waals surface area contributed by atoms with E-state index in [1.54, 1.807) is 21.9 Å². The number of ketones is 1. The van der Waals surface area contributed by atoms with Crippen molar-refractivity contribution in [2.75, 3.05) is 20.2 Å². The van der Waals surface area contributed by atoms with Crippen LogP contribution in [0.1, 0.15) is 23.7 Å². The molecule has 0 N–H and O–H groups in total. The molecule has 1 radical (unpaired) electrons. The van der Waals surface area contributed by atoms with Gasteiger partial charge in [-0.25, -0.2) is 0 Å². The molecule has 1 aliphatic heterocycles. The van der Waals surface area contributed by atoms with E-state index in [0.717, 1.165) is 12.2 Å². The van der Waals surface area contributed by atoms with Crippen LogP contribution in [0.4, 0.5) is 0 Å². The quantitative estimate of drug-likeness (QED) is 0.511. The van der Waals surface area contributed by atoms with Crippen LogP contribution >= 0.6 is 0 Å². The topological polar surface area (TPSA) is 32.8 Å². The Morgan fingerprint density at radius 1 is 1.25 bits per heavy atom. The number of benzene rings is 1. The summed E-state index contributed by atoms with van der Waals surface area (Å²) in [4.78, 5) is 15.6. The van der Waals surface area contributed by atoms with E-state index >= 15 is 0 Å². The van der Waals surface area contributed by atoms with Gasteiger partial charge in [-0.15, -0.1) is 9.80 Å². The maximum atomic E-state index is 12.1. The van der Waals surface area contributed by atoms with Crippen LogP contribution in [-0.2, 0) is 0 Å². The van der Waals surface area contributed by atoms with Gasteiger partial charge in [-0.3, -0.25) is 4.79 Å². The second kappa shape index (κ2) is 7.85. The fourth-order valence-corrected chi connectivity index (χ4v) is 1.74. The lowest BCUT2D eigenvalue weighted by Crippen LogP contribution is -3.00. The monoisotopic (exact) mass is 337 g/mol. The lowest BCUT2D eigenvalue weighted by Gasteiger charge is -2.06. The molecule has 0 atom stereocenters. The highest BCUT2D eigenvalue weighted by atomic mass is 79.9. The summed E-state index contributed by atoms with van der Waals surface area (Å²) in [6.45, 7) is 6.06. The van der Waals surface area contributed by atoms with Gasteiger partial charge >= 0.3 is 6.67 Å². The Morgan fingerprint density at radius 2 is 1.95 bits per heavy atom. The van der Waals surface area contributed by atoms with Crippen molar-refractivity contribution in [3.63, 3.8) is 0 Å². The van der Waals surface area contributed by atoms with Crippen molar-refractivity contribution >= 4 is 5.78 Å². The molecule has 4 nitrogen and oxygen atoms in total. The molecule has 5 heteroatoms. The first-order valence-electron chi connectivity index (χ1n) is 6.39. The maximum absolute atomic E-state index is 12.1. The molecule has 20 heavy (non-hydrogen) atoms. The minimum atomic E-state index is 0.